The van der Waals surface area contributed by atoms with E-state index >= 15 is 0 Å². The van der Waals surface area contributed by atoms with Crippen molar-refractivity contribution in [2.75, 3.05) is 12.3 Å². The van der Waals surface area contributed by atoms with Crippen LogP contribution in [0.4, 0.5) is 0 Å². The van der Waals surface area contributed by atoms with E-state index in [1.807, 2.05) is 5.55 Å². The molecule has 0 radical (unpaired) electrons. The van der Waals surface area contributed by atoms with Gasteiger partial charge in [0.25, 0.3) is 0 Å². The maximum Gasteiger partial charge on any atom is 0.0542 e. The van der Waals surface area contributed by atoms with Gasteiger partial charge in [0.15, 0.2) is 0 Å². The Labute approximate surface area is 215 Å². The number of hydrogen-bond donors (Lipinski definition) is 0. The Balaban J connectivity index is 0.000000388. The minimum Gasteiger partial charge on any atom is -0.285 e. The molecule has 0 N–H and O–H groups in total. The molecule has 4 aliphatic rings. The van der Waals surface area contributed by atoms with Gasteiger partial charge in [-0.05, 0) is 101 Å². The summed E-state index contributed by atoms with van der Waals surface area (Å²) in [7, 11) is 0. The first-order valence-corrected chi connectivity index (χ1v) is 14.4. The first kappa shape index (κ1) is 22.4. The van der Waals surface area contributed by atoms with Crippen LogP contribution < -0.4 is 0 Å². The third-order valence-corrected chi connectivity index (χ3v) is 9.13. The lowest BCUT2D eigenvalue weighted by Gasteiger charge is -2.40. The second kappa shape index (κ2) is 9.87. The summed E-state index contributed by atoms with van der Waals surface area (Å²) in [6.45, 7) is 1.03. The van der Waals surface area contributed by atoms with Crippen molar-refractivity contribution < 1.29 is 0 Å². The summed E-state index contributed by atoms with van der Waals surface area (Å²) < 4.78 is 1.13. The molecule has 1 aliphatic heterocycles. The van der Waals surface area contributed by atoms with Crippen molar-refractivity contribution in [1.29, 1.82) is 0 Å². The summed E-state index contributed by atoms with van der Waals surface area (Å²) in [5, 5.41) is 2.83. The Morgan fingerprint density at radius 1 is 0.941 bits per heavy atom. The smallest absolute Gasteiger partial charge is 0.0542 e. The fourth-order valence-corrected chi connectivity index (χ4v) is 6.71. The quantitative estimate of drug-likeness (QED) is 0.323. The van der Waals surface area contributed by atoms with Crippen molar-refractivity contribution in [1.82, 2.24) is 0 Å². The van der Waals surface area contributed by atoms with Gasteiger partial charge in [0, 0.05) is 16.8 Å². The molecule has 1 fully saturated rings. The minimum absolute atomic E-state index is 0.771. The first-order chi connectivity index (χ1) is 16.8. The van der Waals surface area contributed by atoms with E-state index in [4.69, 9.17) is 0 Å². The molecule has 34 heavy (non-hydrogen) atoms. The van der Waals surface area contributed by atoms with E-state index in [9.17, 15) is 0 Å². The van der Waals surface area contributed by atoms with E-state index in [0.717, 1.165) is 22.9 Å². The molecule has 0 bridgehead atoms. The number of benzene rings is 3. The predicted octanol–water partition coefficient (Wildman–Crippen LogP) is 9.11. The summed E-state index contributed by atoms with van der Waals surface area (Å²) in [6, 6.07) is 20.4. The summed E-state index contributed by atoms with van der Waals surface area (Å²) in [4.78, 5) is 3.92. The number of nitrogens with zero attached hydrogens (tertiary/aromatic N) is 1. The highest BCUT2D eigenvalue weighted by Crippen LogP contribution is 2.49. The predicted molar refractivity (Wildman–Crippen MR) is 153 cm³/mol. The maximum atomic E-state index is 3.92. The molecular weight excluding hydrogens is 498 g/mol. The molecule has 1 atom stereocenters. The highest BCUT2D eigenvalue weighted by atomic mass is 79.9. The third kappa shape index (κ3) is 4.33. The SMILES string of the molecule is Brc1ccc(-c2ccc3c4c(ccc3c2)C2=C(CCC=C2)C(C2CCC2)C4)cc1.C1=NCCS1. The average Bonchev–Trinajstić information content (AvgIpc) is 3.43. The Bertz CT molecular complexity index is 1290. The summed E-state index contributed by atoms with van der Waals surface area (Å²) >= 11 is 5.33. The van der Waals surface area contributed by atoms with Crippen LogP contribution in [0.2, 0.25) is 0 Å². The van der Waals surface area contributed by atoms with Crippen LogP contribution in [-0.4, -0.2) is 17.8 Å². The summed E-state index contributed by atoms with van der Waals surface area (Å²) in [5.41, 5.74) is 10.9. The topological polar surface area (TPSA) is 12.4 Å². The standard InChI is InChI=1S/C28H25Br.C3H5NS/c29-22-12-8-18(9-13-22)20-10-14-23-21(16-20)11-15-26-24-6-1-2-7-25(24)27(17-28(23)26)19-4-3-5-19;1-2-5-3-4-1/h1,6,8-16,19,27H,2-5,7,17H2;3H,1-2H2. The Morgan fingerprint density at radius 3 is 2.50 bits per heavy atom. The molecule has 1 saturated carbocycles. The van der Waals surface area contributed by atoms with Crippen molar-refractivity contribution in [3.8, 4) is 11.1 Å². The largest absolute Gasteiger partial charge is 0.285 e. The Morgan fingerprint density at radius 2 is 1.79 bits per heavy atom. The van der Waals surface area contributed by atoms with Gasteiger partial charge in [-0.25, -0.2) is 0 Å². The lowest BCUT2D eigenvalue weighted by molar-refractivity contribution is 0.227. The summed E-state index contributed by atoms with van der Waals surface area (Å²) in [6.07, 6.45) is 12.8. The molecule has 0 amide bonds. The van der Waals surface area contributed by atoms with Crippen LogP contribution in [0.5, 0.6) is 0 Å². The van der Waals surface area contributed by atoms with Crippen LogP contribution in [0.25, 0.3) is 27.5 Å². The molecular formula is C31H30BrNS. The number of fused-ring (bicyclic) bond motifs is 4. The van der Waals surface area contributed by atoms with E-state index in [-0.39, 0.29) is 0 Å². The van der Waals surface area contributed by atoms with Gasteiger partial charge >= 0.3 is 0 Å². The minimum atomic E-state index is 0.771. The zero-order valence-electron chi connectivity index (χ0n) is 19.5. The number of allylic oxidation sites excluding steroid dienone is 4. The van der Waals surface area contributed by atoms with Crippen molar-refractivity contribution in [3.63, 3.8) is 0 Å². The lowest BCUT2D eigenvalue weighted by atomic mass is 9.64. The molecule has 3 heteroatoms. The van der Waals surface area contributed by atoms with Gasteiger partial charge in [-0.2, -0.15) is 0 Å². The van der Waals surface area contributed by atoms with Gasteiger partial charge in [0.05, 0.1) is 5.55 Å². The van der Waals surface area contributed by atoms with Crippen LogP contribution in [-0.2, 0) is 6.42 Å². The number of aliphatic imine (C=N–C) groups is 1. The molecule has 7 rings (SSSR count). The van der Waals surface area contributed by atoms with E-state index in [1.54, 1.807) is 28.5 Å². The number of thioether (sulfide) groups is 1. The normalized spacial score (nSPS) is 21.0. The lowest BCUT2D eigenvalue weighted by Crippen LogP contribution is -2.29. The second-order valence-electron chi connectivity index (χ2n) is 9.80. The summed E-state index contributed by atoms with van der Waals surface area (Å²) in [5.74, 6) is 2.88. The van der Waals surface area contributed by atoms with Gasteiger partial charge in [-0.3, -0.25) is 4.99 Å². The zero-order chi connectivity index (χ0) is 22.9. The van der Waals surface area contributed by atoms with Gasteiger partial charge in [-0.1, -0.05) is 76.5 Å². The highest BCUT2D eigenvalue weighted by Gasteiger charge is 2.35. The van der Waals surface area contributed by atoms with Crippen LogP contribution in [0, 0.1) is 11.8 Å². The Hall–Kier alpha value is -2.10. The molecule has 0 saturated heterocycles. The zero-order valence-corrected chi connectivity index (χ0v) is 21.9. The molecule has 1 nitrogen and oxygen atoms in total. The van der Waals surface area contributed by atoms with Crippen LogP contribution in [0.3, 0.4) is 0 Å². The van der Waals surface area contributed by atoms with Crippen molar-refractivity contribution in [2.24, 2.45) is 16.8 Å². The first-order valence-electron chi connectivity index (χ1n) is 12.6. The highest BCUT2D eigenvalue weighted by molar-refractivity contribution is 9.10. The van der Waals surface area contributed by atoms with Crippen LogP contribution in [0.15, 0.2) is 81.8 Å². The van der Waals surface area contributed by atoms with E-state index in [1.165, 1.54) is 71.7 Å². The second-order valence-corrected chi connectivity index (χ2v) is 11.7. The van der Waals surface area contributed by atoms with Crippen LogP contribution >= 0.6 is 27.7 Å². The van der Waals surface area contributed by atoms with Gasteiger partial charge in [-0.15, -0.1) is 11.8 Å². The van der Waals surface area contributed by atoms with Crippen molar-refractivity contribution in [3.05, 3.63) is 87.9 Å². The molecule has 1 unspecified atom stereocenters. The molecule has 3 aliphatic carbocycles. The molecule has 3 aromatic carbocycles. The molecule has 3 aromatic rings. The molecule has 0 aromatic heterocycles. The number of hydrogen-bond acceptors (Lipinski definition) is 2. The van der Waals surface area contributed by atoms with Gasteiger partial charge in [0.2, 0.25) is 0 Å². The van der Waals surface area contributed by atoms with Crippen molar-refractivity contribution >= 4 is 49.6 Å². The fourth-order valence-electron chi connectivity index (χ4n) is 5.92. The molecule has 1 heterocycles. The Kier molecular flexibility index (Phi) is 6.49. The monoisotopic (exact) mass is 527 g/mol. The van der Waals surface area contributed by atoms with E-state index < -0.39 is 0 Å². The number of rotatable bonds is 2. The van der Waals surface area contributed by atoms with Gasteiger partial charge in [0.1, 0.15) is 0 Å². The maximum absolute atomic E-state index is 3.92. The molecule has 172 valence electrons. The van der Waals surface area contributed by atoms with Gasteiger partial charge < -0.3 is 0 Å². The van der Waals surface area contributed by atoms with Crippen LogP contribution in [0.1, 0.15) is 43.2 Å². The average molecular weight is 529 g/mol. The fraction of sp³-hybridized carbons (Fsp3) is 0.323. The van der Waals surface area contributed by atoms with E-state index in [2.05, 4.69) is 87.7 Å². The van der Waals surface area contributed by atoms with E-state index in [0.29, 0.717) is 0 Å². The number of halogens is 1. The van der Waals surface area contributed by atoms with Crippen molar-refractivity contribution in [2.45, 2.75) is 38.5 Å². The molecule has 0 spiro atoms. The third-order valence-electron chi connectivity index (χ3n) is 7.89.